The fourth-order valence-corrected chi connectivity index (χ4v) is 1.38. The van der Waals surface area contributed by atoms with Gasteiger partial charge in [-0.05, 0) is 18.6 Å². The smallest absolute Gasteiger partial charge is 0.272 e. The van der Waals surface area contributed by atoms with Gasteiger partial charge in [0.05, 0.1) is 0 Å². The topological polar surface area (TPSA) is 33.2 Å². The molecule has 0 saturated carbocycles. The fraction of sp³-hybridized carbons (Fsp3) is 0.455. The molecule has 1 aromatic rings. The van der Waals surface area contributed by atoms with E-state index in [0.29, 0.717) is 10.8 Å². The van der Waals surface area contributed by atoms with Gasteiger partial charge in [0.2, 0.25) is 0 Å². The number of rotatable bonds is 4. The van der Waals surface area contributed by atoms with Crippen LogP contribution in [0.4, 0.5) is 0 Å². The molecule has 1 amide bonds. The summed E-state index contributed by atoms with van der Waals surface area (Å²) < 4.78 is 0. The molecule has 0 bridgehead atoms. The molecule has 0 aliphatic rings. The summed E-state index contributed by atoms with van der Waals surface area (Å²) in [7, 11) is 1.78. The standard InChI is InChI=1S/C11H15ClN2O/c1-3-4-8-14(2)11(15)9-6-5-7-10(12)13-9/h5-7H,3-4,8H2,1-2H3. The van der Waals surface area contributed by atoms with Crippen molar-refractivity contribution in [2.75, 3.05) is 13.6 Å². The molecule has 0 spiro atoms. The summed E-state index contributed by atoms with van der Waals surface area (Å²) in [5, 5.41) is 0.352. The number of carbonyl (C=O) groups excluding carboxylic acids is 1. The Hall–Kier alpha value is -1.09. The Morgan fingerprint density at radius 1 is 1.53 bits per heavy atom. The lowest BCUT2D eigenvalue weighted by Crippen LogP contribution is -2.28. The van der Waals surface area contributed by atoms with Crippen LogP contribution in [0.15, 0.2) is 18.2 Å². The molecule has 1 aromatic heterocycles. The van der Waals surface area contributed by atoms with Gasteiger partial charge in [-0.15, -0.1) is 0 Å². The zero-order valence-electron chi connectivity index (χ0n) is 9.03. The molecular weight excluding hydrogens is 212 g/mol. The van der Waals surface area contributed by atoms with Crippen molar-refractivity contribution in [3.8, 4) is 0 Å². The predicted octanol–water partition coefficient (Wildman–Crippen LogP) is 2.61. The van der Waals surface area contributed by atoms with Crippen molar-refractivity contribution in [1.29, 1.82) is 0 Å². The summed E-state index contributed by atoms with van der Waals surface area (Å²) in [4.78, 5) is 17.5. The number of halogens is 1. The summed E-state index contributed by atoms with van der Waals surface area (Å²) >= 11 is 5.72. The quantitative estimate of drug-likeness (QED) is 0.740. The molecule has 0 aliphatic heterocycles. The van der Waals surface area contributed by atoms with E-state index in [4.69, 9.17) is 11.6 Å². The lowest BCUT2D eigenvalue weighted by molar-refractivity contribution is 0.0787. The van der Waals surface area contributed by atoms with Gasteiger partial charge in [0.25, 0.3) is 5.91 Å². The Labute approximate surface area is 95.1 Å². The van der Waals surface area contributed by atoms with Crippen LogP contribution in [0.2, 0.25) is 5.15 Å². The second-order valence-corrected chi connectivity index (χ2v) is 3.81. The summed E-state index contributed by atoms with van der Waals surface area (Å²) in [6.45, 7) is 2.85. The normalized spacial score (nSPS) is 10.1. The first-order chi connectivity index (χ1) is 7.15. The van der Waals surface area contributed by atoms with Gasteiger partial charge in [-0.1, -0.05) is 31.0 Å². The third-order valence-corrected chi connectivity index (χ3v) is 2.34. The molecule has 0 unspecified atom stereocenters. The van der Waals surface area contributed by atoms with Crippen molar-refractivity contribution >= 4 is 17.5 Å². The highest BCUT2D eigenvalue weighted by atomic mass is 35.5. The second-order valence-electron chi connectivity index (χ2n) is 3.43. The summed E-state index contributed by atoms with van der Waals surface area (Å²) in [6.07, 6.45) is 2.07. The Morgan fingerprint density at radius 2 is 2.27 bits per heavy atom. The first-order valence-corrected chi connectivity index (χ1v) is 5.41. The minimum atomic E-state index is -0.0778. The lowest BCUT2D eigenvalue weighted by atomic mass is 10.3. The Kier molecular flexibility index (Phi) is 4.56. The molecule has 0 atom stereocenters. The number of hydrogen-bond donors (Lipinski definition) is 0. The number of hydrogen-bond acceptors (Lipinski definition) is 2. The van der Waals surface area contributed by atoms with Crippen LogP contribution in [-0.2, 0) is 0 Å². The maximum absolute atomic E-state index is 11.8. The van der Waals surface area contributed by atoms with Gasteiger partial charge in [0.15, 0.2) is 0 Å². The van der Waals surface area contributed by atoms with Crippen LogP contribution in [-0.4, -0.2) is 29.4 Å². The first-order valence-electron chi connectivity index (χ1n) is 5.03. The van der Waals surface area contributed by atoms with E-state index in [-0.39, 0.29) is 5.91 Å². The van der Waals surface area contributed by atoms with Crippen LogP contribution >= 0.6 is 11.6 Å². The van der Waals surface area contributed by atoms with E-state index in [1.54, 1.807) is 30.1 Å². The molecule has 82 valence electrons. The van der Waals surface area contributed by atoms with Crippen LogP contribution in [0.1, 0.15) is 30.3 Å². The Balaban J connectivity index is 2.67. The van der Waals surface area contributed by atoms with Crippen molar-refractivity contribution in [3.63, 3.8) is 0 Å². The van der Waals surface area contributed by atoms with Gasteiger partial charge in [0.1, 0.15) is 10.8 Å². The van der Waals surface area contributed by atoms with Gasteiger partial charge in [0, 0.05) is 13.6 Å². The van der Waals surface area contributed by atoms with E-state index < -0.39 is 0 Å². The molecule has 4 heteroatoms. The van der Waals surface area contributed by atoms with Crippen molar-refractivity contribution in [3.05, 3.63) is 29.0 Å². The van der Waals surface area contributed by atoms with Crippen LogP contribution in [0.25, 0.3) is 0 Å². The molecule has 0 saturated heterocycles. The number of unbranched alkanes of at least 4 members (excludes halogenated alkanes) is 1. The first kappa shape index (κ1) is 12.0. The lowest BCUT2D eigenvalue weighted by Gasteiger charge is -2.15. The minimum absolute atomic E-state index is 0.0778. The SMILES string of the molecule is CCCCN(C)C(=O)c1cccc(Cl)n1. The minimum Gasteiger partial charge on any atom is -0.340 e. The van der Waals surface area contributed by atoms with Gasteiger partial charge >= 0.3 is 0 Å². The number of pyridine rings is 1. The van der Waals surface area contributed by atoms with Gasteiger partial charge in [-0.2, -0.15) is 0 Å². The van der Waals surface area contributed by atoms with Crippen LogP contribution in [0, 0.1) is 0 Å². The van der Waals surface area contributed by atoms with Gasteiger partial charge in [-0.3, -0.25) is 4.79 Å². The van der Waals surface area contributed by atoms with Crippen molar-refractivity contribution in [2.24, 2.45) is 0 Å². The molecule has 0 fully saturated rings. The van der Waals surface area contributed by atoms with Gasteiger partial charge in [-0.25, -0.2) is 4.98 Å². The highest BCUT2D eigenvalue weighted by Crippen LogP contribution is 2.07. The average Bonchev–Trinajstić information content (AvgIpc) is 2.24. The van der Waals surface area contributed by atoms with E-state index in [0.717, 1.165) is 19.4 Å². The molecule has 1 rings (SSSR count). The summed E-state index contributed by atoms with van der Waals surface area (Å²) in [5.74, 6) is -0.0778. The molecule has 0 aromatic carbocycles. The van der Waals surface area contributed by atoms with Crippen molar-refractivity contribution in [2.45, 2.75) is 19.8 Å². The third-order valence-electron chi connectivity index (χ3n) is 2.13. The Bertz CT molecular complexity index is 341. The summed E-state index contributed by atoms with van der Waals surface area (Å²) in [5.41, 5.74) is 0.404. The predicted molar refractivity (Wildman–Crippen MR) is 61.1 cm³/mol. The molecule has 0 aliphatic carbocycles. The number of amides is 1. The largest absolute Gasteiger partial charge is 0.340 e. The maximum Gasteiger partial charge on any atom is 0.272 e. The highest BCUT2D eigenvalue weighted by Gasteiger charge is 2.12. The van der Waals surface area contributed by atoms with E-state index >= 15 is 0 Å². The summed E-state index contributed by atoms with van der Waals surface area (Å²) in [6, 6.07) is 5.07. The molecule has 0 radical (unpaired) electrons. The van der Waals surface area contributed by atoms with E-state index in [2.05, 4.69) is 11.9 Å². The number of carbonyl (C=O) groups is 1. The zero-order valence-corrected chi connectivity index (χ0v) is 9.79. The van der Waals surface area contributed by atoms with Crippen molar-refractivity contribution < 1.29 is 4.79 Å². The maximum atomic E-state index is 11.8. The van der Waals surface area contributed by atoms with Gasteiger partial charge < -0.3 is 4.90 Å². The molecule has 1 heterocycles. The van der Waals surface area contributed by atoms with E-state index in [1.807, 2.05) is 0 Å². The third kappa shape index (κ3) is 3.51. The Morgan fingerprint density at radius 3 is 2.87 bits per heavy atom. The van der Waals surface area contributed by atoms with Crippen molar-refractivity contribution in [1.82, 2.24) is 9.88 Å². The molecule has 3 nitrogen and oxygen atoms in total. The average molecular weight is 227 g/mol. The second kappa shape index (κ2) is 5.71. The van der Waals surface area contributed by atoms with Crippen LogP contribution in [0.5, 0.6) is 0 Å². The van der Waals surface area contributed by atoms with E-state index in [1.165, 1.54) is 0 Å². The molecule has 0 N–H and O–H groups in total. The molecular formula is C11H15ClN2O. The van der Waals surface area contributed by atoms with Crippen LogP contribution in [0.3, 0.4) is 0 Å². The van der Waals surface area contributed by atoms with Crippen LogP contribution < -0.4 is 0 Å². The van der Waals surface area contributed by atoms with E-state index in [9.17, 15) is 4.79 Å². The molecule has 15 heavy (non-hydrogen) atoms. The monoisotopic (exact) mass is 226 g/mol. The zero-order chi connectivity index (χ0) is 11.3. The highest BCUT2D eigenvalue weighted by molar-refractivity contribution is 6.29. The fourth-order valence-electron chi connectivity index (χ4n) is 1.22. The number of aromatic nitrogens is 1. The number of nitrogens with zero attached hydrogens (tertiary/aromatic N) is 2.